The summed E-state index contributed by atoms with van der Waals surface area (Å²) in [6.07, 6.45) is 3.47. The van der Waals surface area contributed by atoms with Gasteiger partial charge in [-0.3, -0.25) is 24.1 Å². The van der Waals surface area contributed by atoms with Crippen LogP contribution < -0.4 is 14.5 Å². The van der Waals surface area contributed by atoms with E-state index in [2.05, 4.69) is 6.58 Å². The standard InChI is InChI=1S/C35H27Cl2FN2O6/c1-3-18-4-9-21(10-5-18)39-30(42)24-14-13-23-25(28(24)31(39)43)17-34(36)32(44)40(22-11-7-20(38)8-12-22)33(45)35(34,37)29(23)19-6-15-26(41)27(16-19)46-2/h3-13,15-16,24-25,28-29,41H,1,14,17H2,2H3. The molecule has 6 atom stereocenters. The number of fused-ring (bicyclic) bond motifs is 4. The van der Waals surface area contributed by atoms with Crippen molar-refractivity contribution in [2.75, 3.05) is 16.9 Å². The van der Waals surface area contributed by atoms with Gasteiger partial charge in [-0.05, 0) is 78.4 Å². The minimum Gasteiger partial charge on any atom is -0.504 e. The summed E-state index contributed by atoms with van der Waals surface area (Å²) in [7, 11) is 1.37. The van der Waals surface area contributed by atoms with Crippen molar-refractivity contribution >= 4 is 64.3 Å². The third kappa shape index (κ3) is 3.97. The monoisotopic (exact) mass is 660 g/mol. The first-order valence-corrected chi connectivity index (χ1v) is 15.4. The second kappa shape index (κ2) is 10.5. The van der Waals surface area contributed by atoms with Gasteiger partial charge >= 0.3 is 0 Å². The van der Waals surface area contributed by atoms with E-state index in [4.69, 9.17) is 27.9 Å². The largest absolute Gasteiger partial charge is 0.504 e. The number of benzene rings is 3. The number of ether oxygens (including phenoxy) is 1. The van der Waals surface area contributed by atoms with E-state index < -0.39 is 57.0 Å². The van der Waals surface area contributed by atoms with E-state index in [0.29, 0.717) is 16.8 Å². The van der Waals surface area contributed by atoms with E-state index in [1.807, 2.05) is 6.08 Å². The van der Waals surface area contributed by atoms with E-state index in [0.717, 1.165) is 22.6 Å². The summed E-state index contributed by atoms with van der Waals surface area (Å²) in [5.74, 6) is -6.46. The molecule has 2 heterocycles. The molecule has 11 heteroatoms. The molecular weight excluding hydrogens is 634 g/mol. The molecule has 2 aliphatic heterocycles. The van der Waals surface area contributed by atoms with Crippen LogP contribution in [0.1, 0.15) is 29.9 Å². The summed E-state index contributed by atoms with van der Waals surface area (Å²) in [5.41, 5.74) is 2.33. The highest BCUT2D eigenvalue weighted by Gasteiger charge is 2.76. The van der Waals surface area contributed by atoms with Crippen LogP contribution in [0.3, 0.4) is 0 Å². The number of aromatic hydroxyl groups is 1. The molecule has 4 aliphatic rings. The predicted molar refractivity (Wildman–Crippen MR) is 170 cm³/mol. The molecular formula is C35H27Cl2FN2O6. The van der Waals surface area contributed by atoms with Crippen LogP contribution in [0.5, 0.6) is 11.5 Å². The molecule has 0 spiro atoms. The van der Waals surface area contributed by atoms with E-state index in [-0.39, 0.29) is 35.9 Å². The minimum atomic E-state index is -2.09. The number of anilines is 2. The fraction of sp³-hybridized carbons (Fsp3) is 0.257. The summed E-state index contributed by atoms with van der Waals surface area (Å²) in [6.45, 7) is 3.75. The maximum Gasteiger partial charge on any atom is 0.258 e. The van der Waals surface area contributed by atoms with Gasteiger partial charge in [0.05, 0.1) is 30.3 Å². The first kappa shape index (κ1) is 30.2. The van der Waals surface area contributed by atoms with Gasteiger partial charge in [0.1, 0.15) is 5.82 Å². The second-order valence-corrected chi connectivity index (χ2v) is 13.2. The Balaban J connectivity index is 1.39. The van der Waals surface area contributed by atoms with Crippen LogP contribution in [0, 0.1) is 23.6 Å². The van der Waals surface area contributed by atoms with Gasteiger partial charge in [0, 0.05) is 5.92 Å². The van der Waals surface area contributed by atoms with E-state index >= 15 is 0 Å². The Hall–Kier alpha value is -4.47. The third-order valence-electron chi connectivity index (χ3n) is 9.82. The number of phenols is 1. The second-order valence-electron chi connectivity index (χ2n) is 12.0. The van der Waals surface area contributed by atoms with Crippen molar-refractivity contribution in [1.82, 2.24) is 0 Å². The summed E-state index contributed by atoms with van der Waals surface area (Å²) in [5, 5.41) is 10.4. The van der Waals surface area contributed by atoms with Gasteiger partial charge < -0.3 is 9.84 Å². The van der Waals surface area contributed by atoms with Crippen molar-refractivity contribution in [3.05, 3.63) is 102 Å². The number of halogens is 3. The Kier molecular flexibility index (Phi) is 6.92. The number of phenolic OH excluding ortho intramolecular Hbond substituents is 1. The van der Waals surface area contributed by atoms with Crippen molar-refractivity contribution in [2.24, 2.45) is 17.8 Å². The zero-order chi connectivity index (χ0) is 32.7. The number of imide groups is 2. The summed E-state index contributed by atoms with van der Waals surface area (Å²) >= 11 is 14.7. The molecule has 0 radical (unpaired) electrons. The average molecular weight is 662 g/mol. The van der Waals surface area contributed by atoms with Crippen LogP contribution in [-0.2, 0) is 19.2 Å². The molecule has 3 fully saturated rings. The smallest absolute Gasteiger partial charge is 0.258 e. The lowest BCUT2D eigenvalue weighted by atomic mass is 9.56. The molecule has 46 heavy (non-hydrogen) atoms. The van der Waals surface area contributed by atoms with Crippen molar-refractivity contribution in [1.29, 1.82) is 0 Å². The lowest BCUT2D eigenvalue weighted by molar-refractivity contribution is -0.125. The number of allylic oxidation sites excluding steroid dienone is 2. The number of nitrogens with zero attached hydrogens (tertiary/aromatic N) is 2. The fourth-order valence-electron chi connectivity index (χ4n) is 7.66. The number of carbonyl (C=O) groups excluding carboxylic acids is 4. The number of alkyl halides is 2. The molecule has 0 bridgehead atoms. The molecule has 4 amide bonds. The summed E-state index contributed by atoms with van der Waals surface area (Å²) < 4.78 is 19.2. The molecule has 3 aromatic carbocycles. The van der Waals surface area contributed by atoms with E-state index in [1.54, 1.807) is 36.4 Å². The molecule has 2 aliphatic carbocycles. The zero-order valence-corrected chi connectivity index (χ0v) is 26.0. The van der Waals surface area contributed by atoms with Crippen molar-refractivity contribution in [3.63, 3.8) is 0 Å². The maximum atomic E-state index is 14.4. The van der Waals surface area contributed by atoms with Gasteiger partial charge in [-0.2, -0.15) is 0 Å². The van der Waals surface area contributed by atoms with Crippen LogP contribution in [0.25, 0.3) is 6.08 Å². The normalized spacial score (nSPS) is 30.1. The quantitative estimate of drug-likeness (QED) is 0.206. The summed E-state index contributed by atoms with van der Waals surface area (Å²) in [4.78, 5) is 54.6. The van der Waals surface area contributed by atoms with Crippen molar-refractivity contribution in [3.8, 4) is 11.5 Å². The van der Waals surface area contributed by atoms with Crippen LogP contribution in [0.2, 0.25) is 0 Å². The van der Waals surface area contributed by atoms with Crippen LogP contribution in [-0.4, -0.2) is 45.6 Å². The van der Waals surface area contributed by atoms with Crippen molar-refractivity contribution < 1.29 is 33.4 Å². The number of carbonyl (C=O) groups is 4. The molecule has 1 N–H and O–H groups in total. The SMILES string of the molecule is C=Cc1ccc(N2C(=O)C3CC=C4C(CC5(Cl)C(=O)N(c6ccc(F)cc6)C(=O)C5(Cl)C4c4ccc(O)c(OC)c4)C3C2=O)cc1. The highest BCUT2D eigenvalue weighted by molar-refractivity contribution is 6.58. The van der Waals surface area contributed by atoms with Gasteiger partial charge in [-0.15, -0.1) is 23.2 Å². The number of hydrogen-bond acceptors (Lipinski definition) is 6. The molecule has 3 aromatic rings. The Bertz CT molecular complexity index is 1880. The first-order valence-electron chi connectivity index (χ1n) is 14.7. The summed E-state index contributed by atoms with van der Waals surface area (Å²) in [6, 6.07) is 16.2. The number of rotatable bonds is 5. The highest BCUT2D eigenvalue weighted by atomic mass is 35.5. The molecule has 7 rings (SSSR count). The Labute approximate surface area is 273 Å². The van der Waals surface area contributed by atoms with Crippen molar-refractivity contribution in [2.45, 2.75) is 28.5 Å². The zero-order valence-electron chi connectivity index (χ0n) is 24.5. The number of amides is 4. The number of hydrogen-bond donors (Lipinski definition) is 1. The van der Waals surface area contributed by atoms with Gasteiger partial charge in [-0.25, -0.2) is 9.29 Å². The predicted octanol–water partition coefficient (Wildman–Crippen LogP) is 5.95. The third-order valence-corrected chi connectivity index (χ3v) is 11.2. The topological polar surface area (TPSA) is 104 Å². The lowest BCUT2D eigenvalue weighted by Crippen LogP contribution is -2.60. The van der Waals surface area contributed by atoms with Gasteiger partial charge in [-0.1, -0.05) is 42.5 Å². The van der Waals surface area contributed by atoms with Crippen LogP contribution >= 0.6 is 23.2 Å². The lowest BCUT2D eigenvalue weighted by Gasteiger charge is -2.50. The first-order chi connectivity index (χ1) is 22.0. The van der Waals surface area contributed by atoms with Crippen LogP contribution in [0.15, 0.2) is 85.0 Å². The van der Waals surface area contributed by atoms with Gasteiger partial charge in [0.15, 0.2) is 21.2 Å². The molecule has 2 saturated heterocycles. The van der Waals surface area contributed by atoms with Crippen LogP contribution in [0.4, 0.5) is 15.8 Å². The molecule has 6 unspecified atom stereocenters. The molecule has 8 nitrogen and oxygen atoms in total. The van der Waals surface area contributed by atoms with E-state index in [9.17, 15) is 28.7 Å². The molecule has 1 saturated carbocycles. The Morgan fingerprint density at radius 1 is 0.913 bits per heavy atom. The van der Waals surface area contributed by atoms with E-state index in [1.165, 1.54) is 36.3 Å². The maximum absolute atomic E-state index is 14.4. The van der Waals surface area contributed by atoms with Gasteiger partial charge in [0.25, 0.3) is 11.8 Å². The van der Waals surface area contributed by atoms with Gasteiger partial charge in [0.2, 0.25) is 11.8 Å². The Morgan fingerprint density at radius 2 is 1.57 bits per heavy atom. The molecule has 0 aromatic heterocycles. The highest BCUT2D eigenvalue weighted by Crippen LogP contribution is 2.66. The minimum absolute atomic E-state index is 0.0870. The molecule has 234 valence electrons. The fourth-order valence-corrected chi connectivity index (χ4v) is 8.60. The average Bonchev–Trinajstić information content (AvgIpc) is 3.39. The Morgan fingerprint density at radius 3 is 2.22 bits per heavy atom. The number of methoxy groups -OCH3 is 1.